The van der Waals surface area contributed by atoms with Crippen LogP contribution in [0.25, 0.3) is 0 Å². The summed E-state index contributed by atoms with van der Waals surface area (Å²) in [5.41, 5.74) is 0.974. The third-order valence-electron chi connectivity index (χ3n) is 2.77. The molecule has 0 aromatic heterocycles. The fraction of sp³-hybridized carbons (Fsp3) is 0.538. The van der Waals surface area contributed by atoms with Crippen molar-refractivity contribution in [3.05, 3.63) is 29.6 Å². The molecule has 2 aliphatic heterocycles. The number of aryl methyl sites for hydroxylation is 1. The molecule has 0 saturated carbocycles. The van der Waals surface area contributed by atoms with Crippen molar-refractivity contribution in [3.63, 3.8) is 0 Å². The van der Waals surface area contributed by atoms with Crippen molar-refractivity contribution in [1.82, 2.24) is 0 Å². The van der Waals surface area contributed by atoms with E-state index in [9.17, 15) is 4.39 Å². The van der Waals surface area contributed by atoms with Crippen LogP contribution in [0, 0.1) is 5.82 Å². The highest BCUT2D eigenvalue weighted by atomic mass is 19.1. The summed E-state index contributed by atoms with van der Waals surface area (Å²) in [5, 5.41) is 0. The van der Waals surface area contributed by atoms with Crippen molar-refractivity contribution in [2.75, 3.05) is 6.61 Å². The Morgan fingerprint density at radius 2 is 2.00 bits per heavy atom. The highest BCUT2D eigenvalue weighted by Crippen LogP contribution is 2.32. The minimum absolute atomic E-state index is 0.174. The summed E-state index contributed by atoms with van der Waals surface area (Å²) in [6.45, 7) is 4.81. The molecule has 0 N–H and O–H groups in total. The van der Waals surface area contributed by atoms with Crippen LogP contribution in [0.4, 0.5) is 4.39 Å². The Bertz CT molecular complexity index is 361. The Morgan fingerprint density at radius 3 is 2.69 bits per heavy atom. The molecule has 0 aliphatic carbocycles. The molecule has 2 nitrogen and oxygen atoms in total. The molecule has 16 heavy (non-hydrogen) atoms. The summed E-state index contributed by atoms with van der Waals surface area (Å²) >= 11 is 0. The first-order valence-electron chi connectivity index (χ1n) is 5.89. The topological polar surface area (TPSA) is 21.8 Å². The molecule has 1 saturated heterocycles. The maximum absolute atomic E-state index is 12.9. The maximum atomic E-state index is 12.9. The van der Waals surface area contributed by atoms with Gasteiger partial charge < -0.3 is 9.47 Å². The number of halogens is 1. The van der Waals surface area contributed by atoms with Gasteiger partial charge in [0.1, 0.15) is 23.8 Å². The average Bonchev–Trinajstić information content (AvgIpc) is 3.15. The van der Waals surface area contributed by atoms with Crippen LogP contribution in [0.2, 0.25) is 0 Å². The molecule has 1 unspecified atom stereocenters. The van der Waals surface area contributed by atoms with E-state index >= 15 is 0 Å². The molecule has 2 heterocycles. The van der Waals surface area contributed by atoms with Gasteiger partial charge >= 0.3 is 0 Å². The zero-order chi connectivity index (χ0) is 11.5. The molecule has 1 fully saturated rings. The Kier molecular flexibility index (Phi) is 3.44. The van der Waals surface area contributed by atoms with E-state index in [0.29, 0.717) is 0 Å². The lowest BCUT2D eigenvalue weighted by Gasteiger charge is -2.24. The molecule has 88 valence electrons. The fourth-order valence-electron chi connectivity index (χ4n) is 1.91. The predicted molar refractivity (Wildman–Crippen MR) is 60.2 cm³/mol. The van der Waals surface area contributed by atoms with E-state index in [-0.39, 0.29) is 18.0 Å². The first kappa shape index (κ1) is 11.4. The summed E-state index contributed by atoms with van der Waals surface area (Å²) in [4.78, 5) is 0. The molecule has 0 radical (unpaired) electrons. The van der Waals surface area contributed by atoms with Crippen LogP contribution in [-0.2, 0) is 11.2 Å². The highest BCUT2D eigenvalue weighted by Gasteiger charge is 2.36. The minimum Gasteiger partial charge on any atom is -0.487 e. The molecule has 2 aliphatic rings. The Hall–Kier alpha value is -1.09. The monoisotopic (exact) mass is 224 g/mol. The van der Waals surface area contributed by atoms with Crippen molar-refractivity contribution in [1.29, 1.82) is 0 Å². The van der Waals surface area contributed by atoms with Crippen molar-refractivity contribution < 1.29 is 13.9 Å². The molecule has 1 aromatic rings. The second-order valence-electron chi connectivity index (χ2n) is 3.82. The second kappa shape index (κ2) is 4.83. The zero-order valence-corrected chi connectivity index (χ0v) is 9.70. The number of ether oxygens (including phenoxy) is 2. The summed E-state index contributed by atoms with van der Waals surface area (Å²) in [6.07, 6.45) is 2.26. The van der Waals surface area contributed by atoms with Gasteiger partial charge in [0.25, 0.3) is 0 Å². The van der Waals surface area contributed by atoms with Crippen LogP contribution < -0.4 is 4.74 Å². The number of rotatable bonds is 1. The zero-order valence-electron chi connectivity index (χ0n) is 9.70. The quantitative estimate of drug-likeness (QED) is 0.684. The van der Waals surface area contributed by atoms with E-state index in [1.165, 1.54) is 6.07 Å². The van der Waals surface area contributed by atoms with Crippen LogP contribution in [-0.4, -0.2) is 18.8 Å². The first-order chi connectivity index (χ1) is 7.83. The maximum Gasteiger partial charge on any atom is 0.127 e. The molecule has 0 amide bonds. The van der Waals surface area contributed by atoms with Gasteiger partial charge in [0.05, 0.1) is 6.61 Å². The van der Waals surface area contributed by atoms with E-state index in [4.69, 9.17) is 9.47 Å². The van der Waals surface area contributed by atoms with Crippen molar-refractivity contribution in [3.8, 4) is 5.75 Å². The summed E-state index contributed by atoms with van der Waals surface area (Å²) in [5.74, 6) is 0.631. The van der Waals surface area contributed by atoms with Gasteiger partial charge in [-0.3, -0.25) is 0 Å². The van der Waals surface area contributed by atoms with Crippen LogP contribution in [0.1, 0.15) is 25.8 Å². The van der Waals surface area contributed by atoms with Crippen LogP contribution >= 0.6 is 0 Å². The number of benzene rings is 1. The summed E-state index contributed by atoms with van der Waals surface area (Å²) in [6, 6.07) is 4.70. The third kappa shape index (κ3) is 2.35. The lowest BCUT2D eigenvalue weighted by molar-refractivity contribution is 0.136. The number of fused-ring (bicyclic) bond motifs is 1. The molecular formula is C13H17FO2. The highest BCUT2D eigenvalue weighted by molar-refractivity contribution is 5.36. The van der Waals surface area contributed by atoms with Crippen LogP contribution in [0.5, 0.6) is 5.75 Å². The number of hydrogen-bond donors (Lipinski definition) is 0. The van der Waals surface area contributed by atoms with E-state index in [0.717, 1.165) is 30.8 Å². The molecule has 3 rings (SSSR count). The third-order valence-corrected chi connectivity index (χ3v) is 2.77. The van der Waals surface area contributed by atoms with Crippen LogP contribution in [0.15, 0.2) is 18.2 Å². The minimum atomic E-state index is -0.187. The predicted octanol–water partition coefficient (Wildman–Crippen LogP) is 2.94. The van der Waals surface area contributed by atoms with E-state index in [1.54, 1.807) is 12.1 Å². The van der Waals surface area contributed by atoms with Gasteiger partial charge in [-0.15, -0.1) is 0 Å². The van der Waals surface area contributed by atoms with Gasteiger partial charge in [0.2, 0.25) is 0 Å². The second-order valence-corrected chi connectivity index (χ2v) is 3.82. The number of epoxide rings is 1. The molecule has 3 heteroatoms. The van der Waals surface area contributed by atoms with Crippen LogP contribution in [0.3, 0.4) is 0 Å². The average molecular weight is 224 g/mol. The van der Waals surface area contributed by atoms with Gasteiger partial charge in [0.15, 0.2) is 0 Å². The SMILES string of the molecule is CC.Fc1ccc2c(c1)CCC([C@@H]1CO1)O2. The fourth-order valence-corrected chi connectivity index (χ4v) is 1.91. The normalized spacial score (nSPS) is 25.9. The Balaban J connectivity index is 0.000000457. The molecule has 0 spiro atoms. The van der Waals surface area contributed by atoms with Crippen molar-refractivity contribution in [2.45, 2.75) is 38.9 Å². The standard InChI is InChI=1S/C11H11FO2.C2H6/c12-8-2-4-9-7(5-8)1-3-10(14-9)11-6-13-11;1-2/h2,4-5,10-11H,1,3,6H2;1-2H3/t10?,11-;/m0./s1. The smallest absolute Gasteiger partial charge is 0.127 e. The van der Waals surface area contributed by atoms with Gasteiger partial charge in [0, 0.05) is 0 Å². The van der Waals surface area contributed by atoms with Gasteiger partial charge in [-0.05, 0) is 36.6 Å². The molecule has 1 aromatic carbocycles. The lowest BCUT2D eigenvalue weighted by atomic mass is 10.0. The number of hydrogen-bond acceptors (Lipinski definition) is 2. The van der Waals surface area contributed by atoms with E-state index in [1.807, 2.05) is 13.8 Å². The Morgan fingerprint density at radius 1 is 1.25 bits per heavy atom. The van der Waals surface area contributed by atoms with Crippen molar-refractivity contribution in [2.24, 2.45) is 0 Å². The largest absolute Gasteiger partial charge is 0.487 e. The summed E-state index contributed by atoms with van der Waals surface area (Å²) in [7, 11) is 0. The summed E-state index contributed by atoms with van der Waals surface area (Å²) < 4.78 is 23.8. The van der Waals surface area contributed by atoms with Crippen molar-refractivity contribution >= 4 is 0 Å². The molecule has 2 atom stereocenters. The van der Waals surface area contributed by atoms with Gasteiger partial charge in [-0.2, -0.15) is 0 Å². The van der Waals surface area contributed by atoms with E-state index < -0.39 is 0 Å². The molecule has 0 bridgehead atoms. The van der Waals surface area contributed by atoms with E-state index in [2.05, 4.69) is 0 Å². The van der Waals surface area contributed by atoms with Gasteiger partial charge in [-0.1, -0.05) is 13.8 Å². The Labute approximate surface area is 95.4 Å². The van der Waals surface area contributed by atoms with Gasteiger partial charge in [-0.25, -0.2) is 4.39 Å². The first-order valence-corrected chi connectivity index (χ1v) is 5.89. The lowest BCUT2D eigenvalue weighted by Crippen LogP contribution is -2.27. The molecular weight excluding hydrogens is 207 g/mol.